The van der Waals surface area contributed by atoms with Crippen LogP contribution in [0.15, 0.2) is 42.7 Å². The number of benzene rings is 1. The Bertz CT molecular complexity index is 691. The number of nitrogens with zero attached hydrogens (tertiary/aromatic N) is 3. The van der Waals surface area contributed by atoms with E-state index in [1.807, 2.05) is 10.6 Å². The Balaban J connectivity index is 0.00000133. The van der Waals surface area contributed by atoms with Crippen molar-refractivity contribution in [1.29, 1.82) is 0 Å². The highest BCUT2D eigenvalue weighted by Crippen LogP contribution is 2.20. The van der Waals surface area contributed by atoms with Crippen molar-refractivity contribution < 1.29 is 4.39 Å². The molecule has 2 aromatic heterocycles. The zero-order valence-corrected chi connectivity index (χ0v) is 10.1. The summed E-state index contributed by atoms with van der Waals surface area (Å²) >= 11 is 6.10. The molecular weight excluding hydrogens is 265 g/mol. The summed E-state index contributed by atoms with van der Waals surface area (Å²) in [6, 6.07) is 8.20. The molecule has 0 aliphatic carbocycles. The van der Waals surface area contributed by atoms with Gasteiger partial charge in [-0.1, -0.05) is 19.6 Å². The lowest BCUT2D eigenvalue weighted by atomic mass is 10.2. The molecule has 3 aromatic rings. The average Bonchev–Trinajstić information content (AvgIpc) is 2.69. The summed E-state index contributed by atoms with van der Waals surface area (Å²) in [6.07, 6.45) is 3.36. The molecule has 0 saturated carbocycles. The molecule has 0 saturated heterocycles. The molecule has 0 atom stereocenters. The van der Waals surface area contributed by atoms with E-state index in [1.165, 1.54) is 12.1 Å². The third-order valence-corrected chi connectivity index (χ3v) is 3.05. The normalized spacial score (nSPS) is 10.4. The van der Waals surface area contributed by atoms with Crippen LogP contribution in [0, 0.1) is 5.82 Å². The fourth-order valence-electron chi connectivity index (χ4n) is 1.88. The number of pyridine rings is 1. The van der Waals surface area contributed by atoms with E-state index in [-0.39, 0.29) is 13.2 Å². The number of hydrogen-bond donors (Lipinski definition) is 0. The van der Waals surface area contributed by atoms with Crippen LogP contribution in [-0.2, 0) is 6.54 Å². The van der Waals surface area contributed by atoms with Crippen LogP contribution in [-0.4, -0.2) is 14.5 Å². The van der Waals surface area contributed by atoms with Gasteiger partial charge in [0.25, 0.3) is 0 Å². The van der Waals surface area contributed by atoms with E-state index in [1.54, 1.807) is 24.5 Å². The van der Waals surface area contributed by atoms with E-state index in [0.29, 0.717) is 11.8 Å². The van der Waals surface area contributed by atoms with Crippen molar-refractivity contribution in [2.45, 2.75) is 14.0 Å². The molecule has 0 amide bonds. The Morgan fingerprint density at radius 1 is 1.16 bits per heavy atom. The van der Waals surface area contributed by atoms with Crippen molar-refractivity contribution in [1.82, 2.24) is 14.5 Å². The van der Waals surface area contributed by atoms with Gasteiger partial charge in [0.1, 0.15) is 11.3 Å². The predicted octanol–water partition coefficient (Wildman–Crippen LogP) is 3.91. The SMILES string of the molecule is C.Fc1ccc(Cn2c(Cl)nc3cnccc32)cc1. The number of hydrogen-bond acceptors (Lipinski definition) is 2. The van der Waals surface area contributed by atoms with Crippen LogP contribution in [0.25, 0.3) is 11.0 Å². The molecule has 0 spiro atoms. The van der Waals surface area contributed by atoms with Crippen LogP contribution in [0.2, 0.25) is 5.28 Å². The summed E-state index contributed by atoms with van der Waals surface area (Å²) in [6.45, 7) is 0.555. The Morgan fingerprint density at radius 3 is 2.63 bits per heavy atom. The molecule has 0 aliphatic heterocycles. The maximum atomic E-state index is 12.8. The summed E-state index contributed by atoms with van der Waals surface area (Å²) in [7, 11) is 0. The maximum Gasteiger partial charge on any atom is 0.204 e. The van der Waals surface area contributed by atoms with Crippen LogP contribution >= 0.6 is 11.6 Å². The third-order valence-electron chi connectivity index (χ3n) is 2.76. The largest absolute Gasteiger partial charge is 0.310 e. The number of rotatable bonds is 2. The lowest BCUT2D eigenvalue weighted by molar-refractivity contribution is 0.626. The van der Waals surface area contributed by atoms with Gasteiger partial charge in [0.15, 0.2) is 0 Å². The number of aromatic nitrogens is 3. The Labute approximate surface area is 115 Å². The molecule has 0 aliphatic rings. The fourth-order valence-corrected chi connectivity index (χ4v) is 2.12. The quantitative estimate of drug-likeness (QED) is 0.711. The molecule has 1 aromatic carbocycles. The van der Waals surface area contributed by atoms with Gasteiger partial charge in [-0.3, -0.25) is 4.98 Å². The van der Waals surface area contributed by atoms with Gasteiger partial charge in [-0.2, -0.15) is 0 Å². The van der Waals surface area contributed by atoms with Gasteiger partial charge in [-0.15, -0.1) is 0 Å². The van der Waals surface area contributed by atoms with Gasteiger partial charge < -0.3 is 4.57 Å². The first-order valence-corrected chi connectivity index (χ1v) is 5.82. The lowest BCUT2D eigenvalue weighted by Gasteiger charge is -2.05. The van der Waals surface area contributed by atoms with E-state index in [0.717, 1.165) is 16.6 Å². The van der Waals surface area contributed by atoms with Crippen molar-refractivity contribution in [3.63, 3.8) is 0 Å². The number of fused-ring (bicyclic) bond motifs is 1. The molecule has 3 rings (SSSR count). The average molecular weight is 278 g/mol. The van der Waals surface area contributed by atoms with Crippen LogP contribution in [0.1, 0.15) is 13.0 Å². The zero-order valence-electron chi connectivity index (χ0n) is 9.35. The molecule has 19 heavy (non-hydrogen) atoms. The Hall–Kier alpha value is -1.94. The van der Waals surface area contributed by atoms with Gasteiger partial charge in [0, 0.05) is 6.20 Å². The van der Waals surface area contributed by atoms with Crippen LogP contribution < -0.4 is 0 Å². The second kappa shape index (κ2) is 5.36. The Kier molecular flexibility index (Phi) is 3.81. The molecular formula is C14H13ClFN3. The molecule has 5 heteroatoms. The second-order valence-electron chi connectivity index (χ2n) is 3.96. The topological polar surface area (TPSA) is 30.7 Å². The van der Waals surface area contributed by atoms with Crippen molar-refractivity contribution in [3.05, 3.63) is 59.4 Å². The van der Waals surface area contributed by atoms with Gasteiger partial charge in [0.2, 0.25) is 5.28 Å². The van der Waals surface area contributed by atoms with Gasteiger partial charge >= 0.3 is 0 Å². The zero-order chi connectivity index (χ0) is 12.5. The molecule has 98 valence electrons. The fraction of sp³-hybridized carbons (Fsp3) is 0.143. The standard InChI is InChI=1S/C13H9ClFN3.CH4/c14-13-17-11-7-16-6-5-12(11)18(13)8-9-1-3-10(15)4-2-9;/h1-7H,8H2;1H4. The van der Waals surface area contributed by atoms with Crippen molar-refractivity contribution in [2.75, 3.05) is 0 Å². The third kappa shape index (κ3) is 2.58. The highest BCUT2D eigenvalue weighted by molar-refractivity contribution is 6.29. The molecule has 3 nitrogen and oxygen atoms in total. The minimum Gasteiger partial charge on any atom is -0.310 e. The highest BCUT2D eigenvalue weighted by atomic mass is 35.5. The minimum atomic E-state index is -0.246. The smallest absolute Gasteiger partial charge is 0.204 e. The summed E-state index contributed by atoms with van der Waals surface area (Å²) in [5.74, 6) is -0.246. The van der Waals surface area contributed by atoms with Gasteiger partial charge in [-0.05, 0) is 35.4 Å². The first kappa shape index (κ1) is 13.5. The van der Waals surface area contributed by atoms with Crippen LogP contribution in [0.4, 0.5) is 4.39 Å². The highest BCUT2D eigenvalue weighted by Gasteiger charge is 2.08. The molecule has 2 heterocycles. The van der Waals surface area contributed by atoms with E-state index in [4.69, 9.17) is 11.6 Å². The number of halogens is 2. The molecule has 0 N–H and O–H groups in total. The number of imidazole rings is 1. The molecule has 0 fully saturated rings. The van der Waals surface area contributed by atoms with Crippen LogP contribution in [0.5, 0.6) is 0 Å². The van der Waals surface area contributed by atoms with E-state index in [9.17, 15) is 4.39 Å². The minimum absolute atomic E-state index is 0. The monoisotopic (exact) mass is 277 g/mol. The van der Waals surface area contributed by atoms with Crippen molar-refractivity contribution in [3.8, 4) is 0 Å². The predicted molar refractivity (Wildman–Crippen MR) is 74.8 cm³/mol. The van der Waals surface area contributed by atoms with Crippen molar-refractivity contribution >= 4 is 22.6 Å². The molecule has 0 bridgehead atoms. The van der Waals surface area contributed by atoms with Crippen molar-refractivity contribution in [2.24, 2.45) is 0 Å². The summed E-state index contributed by atoms with van der Waals surface area (Å²) in [5.41, 5.74) is 2.64. The lowest BCUT2D eigenvalue weighted by Crippen LogP contribution is -1.99. The van der Waals surface area contributed by atoms with Gasteiger partial charge in [-0.25, -0.2) is 9.37 Å². The summed E-state index contributed by atoms with van der Waals surface area (Å²) in [4.78, 5) is 8.22. The summed E-state index contributed by atoms with van der Waals surface area (Å²) in [5, 5.41) is 0.405. The van der Waals surface area contributed by atoms with Crippen LogP contribution in [0.3, 0.4) is 0 Å². The van der Waals surface area contributed by atoms with E-state index < -0.39 is 0 Å². The summed E-state index contributed by atoms with van der Waals surface area (Å²) < 4.78 is 14.7. The first-order valence-electron chi connectivity index (χ1n) is 5.44. The maximum absolute atomic E-state index is 12.8. The van der Waals surface area contributed by atoms with E-state index in [2.05, 4.69) is 9.97 Å². The van der Waals surface area contributed by atoms with Gasteiger partial charge in [0.05, 0.1) is 18.3 Å². The first-order chi connectivity index (χ1) is 8.74. The molecule has 0 unspecified atom stereocenters. The Morgan fingerprint density at radius 2 is 1.89 bits per heavy atom. The second-order valence-corrected chi connectivity index (χ2v) is 4.30. The van der Waals surface area contributed by atoms with E-state index >= 15 is 0 Å². The molecule has 0 radical (unpaired) electrons.